The van der Waals surface area contributed by atoms with E-state index in [1.807, 2.05) is 0 Å². The van der Waals surface area contributed by atoms with Crippen molar-refractivity contribution in [3.05, 3.63) is 63.1 Å². The second kappa shape index (κ2) is 7.35. The first-order valence-corrected chi connectivity index (χ1v) is 8.92. The molecule has 3 rings (SSSR count). The second-order valence-corrected chi connectivity index (χ2v) is 7.22. The van der Waals surface area contributed by atoms with Crippen LogP contribution in [0.4, 0.5) is 4.79 Å². The minimum atomic E-state index is -1.14. The van der Waals surface area contributed by atoms with Crippen molar-refractivity contribution in [3.8, 4) is 5.75 Å². The molecule has 0 bridgehead atoms. The van der Waals surface area contributed by atoms with Gasteiger partial charge in [0.15, 0.2) is 0 Å². The Bertz CT molecular complexity index is 857. The number of ether oxygens (including phenoxy) is 1. The zero-order chi connectivity index (χ0) is 18.9. The summed E-state index contributed by atoms with van der Waals surface area (Å²) in [6.07, 6.45) is 0. The Morgan fingerprint density at radius 2 is 1.69 bits per heavy atom. The molecule has 1 atom stereocenters. The van der Waals surface area contributed by atoms with Gasteiger partial charge in [-0.3, -0.25) is 9.69 Å². The Labute approximate surface area is 165 Å². The third-order valence-electron chi connectivity index (χ3n) is 4.16. The van der Waals surface area contributed by atoms with E-state index in [4.69, 9.17) is 39.5 Å². The Balaban J connectivity index is 1.68. The highest BCUT2D eigenvalue weighted by atomic mass is 35.5. The first-order chi connectivity index (χ1) is 12.3. The van der Waals surface area contributed by atoms with Gasteiger partial charge in [0, 0.05) is 10.0 Å². The van der Waals surface area contributed by atoms with Crippen LogP contribution in [0.25, 0.3) is 0 Å². The van der Waals surface area contributed by atoms with Crippen LogP contribution in [-0.2, 0) is 10.3 Å². The van der Waals surface area contributed by atoms with Crippen LogP contribution in [0.2, 0.25) is 15.1 Å². The maximum absolute atomic E-state index is 12.8. The number of benzene rings is 2. The highest BCUT2D eigenvalue weighted by Crippen LogP contribution is 2.30. The minimum Gasteiger partial charge on any atom is -0.490 e. The standard InChI is InChI=1S/C18H15Cl3N2O3/c1-18(11-2-4-12(19)5-3-11)16(24)23(17(25)22-18)8-9-26-15-7-6-13(20)10-14(15)21/h2-7,10H,8-9H2,1H3,(H,22,25). The van der Waals surface area contributed by atoms with Crippen LogP contribution < -0.4 is 10.1 Å². The van der Waals surface area contributed by atoms with Crippen molar-refractivity contribution < 1.29 is 14.3 Å². The minimum absolute atomic E-state index is 0.0901. The molecule has 3 amide bonds. The van der Waals surface area contributed by atoms with E-state index >= 15 is 0 Å². The summed E-state index contributed by atoms with van der Waals surface area (Å²) in [6.45, 7) is 1.86. The molecule has 0 spiro atoms. The maximum atomic E-state index is 12.8. The van der Waals surface area contributed by atoms with Gasteiger partial charge in [-0.25, -0.2) is 4.79 Å². The van der Waals surface area contributed by atoms with Gasteiger partial charge < -0.3 is 10.1 Å². The fourth-order valence-corrected chi connectivity index (χ4v) is 3.31. The smallest absolute Gasteiger partial charge is 0.325 e. The number of carbonyl (C=O) groups is 2. The van der Waals surface area contributed by atoms with E-state index in [-0.39, 0.29) is 19.1 Å². The molecule has 0 aliphatic carbocycles. The Morgan fingerprint density at radius 3 is 2.35 bits per heavy atom. The normalized spacial score (nSPS) is 19.6. The predicted octanol–water partition coefficient (Wildman–Crippen LogP) is 4.49. The maximum Gasteiger partial charge on any atom is 0.325 e. The molecule has 136 valence electrons. The van der Waals surface area contributed by atoms with E-state index in [1.54, 1.807) is 49.4 Å². The zero-order valence-electron chi connectivity index (χ0n) is 13.8. The number of halogens is 3. The third kappa shape index (κ3) is 3.61. The van der Waals surface area contributed by atoms with Gasteiger partial charge in [0.2, 0.25) is 0 Å². The van der Waals surface area contributed by atoms with Crippen LogP contribution in [-0.4, -0.2) is 30.0 Å². The van der Waals surface area contributed by atoms with Gasteiger partial charge in [-0.2, -0.15) is 0 Å². The highest BCUT2D eigenvalue weighted by Gasteiger charge is 2.48. The van der Waals surface area contributed by atoms with Gasteiger partial charge in [0.1, 0.15) is 17.9 Å². The van der Waals surface area contributed by atoms with E-state index in [1.165, 1.54) is 0 Å². The monoisotopic (exact) mass is 412 g/mol. The van der Waals surface area contributed by atoms with Crippen LogP contribution in [0, 0.1) is 0 Å². The molecule has 0 saturated carbocycles. The summed E-state index contributed by atoms with van der Waals surface area (Å²) < 4.78 is 5.56. The summed E-state index contributed by atoms with van der Waals surface area (Å²) in [5, 5.41) is 4.14. The summed E-state index contributed by atoms with van der Waals surface area (Å²) in [7, 11) is 0. The molecule has 1 fully saturated rings. The molecule has 5 nitrogen and oxygen atoms in total. The van der Waals surface area contributed by atoms with Crippen molar-refractivity contribution in [2.75, 3.05) is 13.2 Å². The number of hydrogen-bond donors (Lipinski definition) is 1. The lowest BCUT2D eigenvalue weighted by molar-refractivity contribution is -0.131. The average Bonchev–Trinajstić information content (AvgIpc) is 2.81. The van der Waals surface area contributed by atoms with E-state index in [0.29, 0.717) is 26.4 Å². The van der Waals surface area contributed by atoms with E-state index < -0.39 is 11.6 Å². The van der Waals surface area contributed by atoms with Gasteiger partial charge in [-0.1, -0.05) is 46.9 Å². The van der Waals surface area contributed by atoms with Crippen molar-refractivity contribution in [1.29, 1.82) is 0 Å². The molecular formula is C18H15Cl3N2O3. The molecule has 0 radical (unpaired) electrons. The quantitative estimate of drug-likeness (QED) is 0.735. The number of nitrogens with one attached hydrogen (secondary N) is 1. The van der Waals surface area contributed by atoms with Crippen LogP contribution in [0.5, 0.6) is 5.75 Å². The molecule has 26 heavy (non-hydrogen) atoms. The number of hydrogen-bond acceptors (Lipinski definition) is 3. The summed E-state index contributed by atoms with van der Waals surface area (Å²) in [6, 6.07) is 11.2. The lowest BCUT2D eigenvalue weighted by Crippen LogP contribution is -2.41. The molecule has 1 N–H and O–H groups in total. The molecule has 0 aromatic heterocycles. The number of carbonyl (C=O) groups excluding carboxylic acids is 2. The average molecular weight is 414 g/mol. The number of imide groups is 1. The van der Waals surface area contributed by atoms with Crippen LogP contribution >= 0.6 is 34.8 Å². The lowest BCUT2D eigenvalue weighted by Gasteiger charge is -2.22. The molecule has 2 aromatic rings. The summed E-state index contributed by atoms with van der Waals surface area (Å²) in [4.78, 5) is 26.2. The molecule has 1 heterocycles. The largest absolute Gasteiger partial charge is 0.490 e. The molecule has 8 heteroatoms. The molecule has 2 aromatic carbocycles. The van der Waals surface area contributed by atoms with Crippen molar-refractivity contribution >= 4 is 46.7 Å². The fourth-order valence-electron chi connectivity index (χ4n) is 2.72. The molecular weight excluding hydrogens is 399 g/mol. The van der Waals surface area contributed by atoms with Crippen molar-refractivity contribution in [1.82, 2.24) is 10.2 Å². The van der Waals surface area contributed by atoms with E-state index in [0.717, 1.165) is 4.90 Å². The van der Waals surface area contributed by atoms with Gasteiger partial charge >= 0.3 is 6.03 Å². The van der Waals surface area contributed by atoms with Gasteiger partial charge in [-0.05, 0) is 42.8 Å². The van der Waals surface area contributed by atoms with Gasteiger partial charge in [-0.15, -0.1) is 0 Å². The number of urea groups is 1. The zero-order valence-corrected chi connectivity index (χ0v) is 16.0. The molecule has 1 saturated heterocycles. The Hall–Kier alpha value is -1.95. The molecule has 1 unspecified atom stereocenters. The summed E-state index contributed by atoms with van der Waals surface area (Å²) >= 11 is 17.8. The number of nitrogens with zero attached hydrogens (tertiary/aromatic N) is 1. The first kappa shape index (κ1) is 18.8. The number of rotatable bonds is 5. The van der Waals surface area contributed by atoms with Crippen LogP contribution in [0.3, 0.4) is 0 Å². The second-order valence-electron chi connectivity index (χ2n) is 5.94. The lowest BCUT2D eigenvalue weighted by atomic mass is 9.92. The van der Waals surface area contributed by atoms with Crippen LogP contribution in [0.1, 0.15) is 12.5 Å². The van der Waals surface area contributed by atoms with E-state index in [9.17, 15) is 9.59 Å². The van der Waals surface area contributed by atoms with Crippen LogP contribution in [0.15, 0.2) is 42.5 Å². The van der Waals surface area contributed by atoms with Crippen molar-refractivity contribution in [2.45, 2.75) is 12.5 Å². The molecule has 1 aliphatic heterocycles. The van der Waals surface area contributed by atoms with E-state index in [2.05, 4.69) is 5.32 Å². The summed E-state index contributed by atoms with van der Waals surface area (Å²) in [5.74, 6) is 0.0826. The van der Waals surface area contributed by atoms with Crippen molar-refractivity contribution in [2.24, 2.45) is 0 Å². The fraction of sp³-hybridized carbons (Fsp3) is 0.222. The SMILES string of the molecule is CC1(c2ccc(Cl)cc2)NC(=O)N(CCOc2ccc(Cl)cc2Cl)C1=O. The Kier molecular flexibility index (Phi) is 5.32. The van der Waals surface area contributed by atoms with Gasteiger partial charge in [0.25, 0.3) is 5.91 Å². The highest BCUT2D eigenvalue weighted by molar-refractivity contribution is 6.35. The Morgan fingerprint density at radius 1 is 1.04 bits per heavy atom. The number of amides is 3. The van der Waals surface area contributed by atoms with Crippen molar-refractivity contribution in [3.63, 3.8) is 0 Å². The van der Waals surface area contributed by atoms with Gasteiger partial charge in [0.05, 0.1) is 11.6 Å². The third-order valence-corrected chi connectivity index (χ3v) is 4.95. The predicted molar refractivity (Wildman–Crippen MR) is 101 cm³/mol. The first-order valence-electron chi connectivity index (χ1n) is 7.79. The summed E-state index contributed by atoms with van der Waals surface area (Å²) in [5.41, 5.74) is -0.482. The molecule has 1 aliphatic rings. The topological polar surface area (TPSA) is 58.6 Å².